The van der Waals surface area contributed by atoms with Crippen LogP contribution in [0.15, 0.2) is 66.7 Å². The molecule has 0 atom stereocenters. The molecule has 3 rings (SSSR count). The number of nitrogens with zero attached hydrogens (tertiary/aromatic N) is 1. The molecule has 0 saturated heterocycles. The molecule has 3 nitrogen and oxygen atoms in total. The van der Waals surface area contributed by atoms with Crippen LogP contribution in [0.1, 0.15) is 21.5 Å². The molecule has 26 heavy (non-hydrogen) atoms. The van der Waals surface area contributed by atoms with Crippen molar-refractivity contribution >= 4 is 29.2 Å². The third-order valence-electron chi connectivity index (χ3n) is 3.84. The minimum Gasteiger partial charge on any atom is -0.457 e. The van der Waals surface area contributed by atoms with Crippen LogP contribution in [0.3, 0.4) is 0 Å². The maximum absolute atomic E-state index is 12.6. The van der Waals surface area contributed by atoms with Crippen molar-refractivity contribution in [1.82, 2.24) is 0 Å². The van der Waals surface area contributed by atoms with Crippen LogP contribution in [0, 0.1) is 11.3 Å². The second kappa shape index (κ2) is 8.05. The van der Waals surface area contributed by atoms with Gasteiger partial charge in [-0.05, 0) is 35.4 Å². The van der Waals surface area contributed by atoms with Crippen molar-refractivity contribution in [2.45, 2.75) is 6.61 Å². The molecule has 0 aliphatic rings. The summed E-state index contributed by atoms with van der Waals surface area (Å²) in [5.41, 5.74) is 2.98. The van der Waals surface area contributed by atoms with Crippen molar-refractivity contribution in [2.24, 2.45) is 0 Å². The Morgan fingerprint density at radius 3 is 2.35 bits per heavy atom. The van der Waals surface area contributed by atoms with Crippen LogP contribution >= 0.6 is 23.2 Å². The maximum atomic E-state index is 12.6. The fourth-order valence-electron chi connectivity index (χ4n) is 2.57. The van der Waals surface area contributed by atoms with Gasteiger partial charge in [0.05, 0.1) is 27.2 Å². The molecule has 0 unspecified atom stereocenters. The van der Waals surface area contributed by atoms with E-state index < -0.39 is 5.97 Å². The monoisotopic (exact) mass is 381 g/mol. The largest absolute Gasteiger partial charge is 0.457 e. The number of carbonyl (C=O) groups excluding carboxylic acids is 1. The average molecular weight is 382 g/mol. The van der Waals surface area contributed by atoms with E-state index in [4.69, 9.17) is 27.9 Å². The van der Waals surface area contributed by atoms with Gasteiger partial charge in [0.15, 0.2) is 0 Å². The topological polar surface area (TPSA) is 50.1 Å². The zero-order valence-electron chi connectivity index (χ0n) is 13.6. The third kappa shape index (κ3) is 3.88. The number of carbonyl (C=O) groups is 1. The average Bonchev–Trinajstić information content (AvgIpc) is 2.68. The Bertz CT molecular complexity index is 1010. The van der Waals surface area contributed by atoms with Crippen LogP contribution < -0.4 is 0 Å². The summed E-state index contributed by atoms with van der Waals surface area (Å²) in [5, 5.41) is 10.2. The van der Waals surface area contributed by atoms with E-state index in [1.165, 1.54) is 0 Å². The molecule has 5 heteroatoms. The Balaban J connectivity index is 1.86. The quantitative estimate of drug-likeness (QED) is 0.529. The van der Waals surface area contributed by atoms with Crippen molar-refractivity contribution < 1.29 is 9.53 Å². The highest BCUT2D eigenvalue weighted by Gasteiger charge is 2.16. The molecule has 0 spiro atoms. The molecule has 0 fully saturated rings. The lowest BCUT2D eigenvalue weighted by atomic mass is 9.96. The van der Waals surface area contributed by atoms with E-state index in [1.54, 1.807) is 48.5 Å². The van der Waals surface area contributed by atoms with E-state index in [9.17, 15) is 10.1 Å². The normalized spacial score (nSPS) is 10.2. The molecule has 0 heterocycles. The van der Waals surface area contributed by atoms with Crippen molar-refractivity contribution in [3.8, 4) is 17.2 Å². The summed E-state index contributed by atoms with van der Waals surface area (Å²) in [7, 11) is 0. The van der Waals surface area contributed by atoms with Crippen molar-refractivity contribution in [2.75, 3.05) is 0 Å². The molecule has 3 aromatic rings. The standard InChI is InChI=1S/C21H13Cl2NO2/c22-19-10-9-14(11-20(19)23)13-26-21(25)18-8-4-3-7-17(18)16-6-2-1-5-15(16)12-24/h1-11H,13H2. The highest BCUT2D eigenvalue weighted by molar-refractivity contribution is 6.42. The Labute approximate surface area is 161 Å². The van der Waals surface area contributed by atoms with E-state index in [0.29, 0.717) is 32.3 Å². The number of ether oxygens (including phenoxy) is 1. The molecule has 0 bridgehead atoms. The number of hydrogen-bond donors (Lipinski definition) is 0. The number of esters is 1. The fourth-order valence-corrected chi connectivity index (χ4v) is 2.89. The van der Waals surface area contributed by atoms with E-state index in [0.717, 1.165) is 5.56 Å². The summed E-state index contributed by atoms with van der Waals surface area (Å²) in [6, 6.07) is 21.4. The van der Waals surface area contributed by atoms with Crippen LogP contribution in [-0.4, -0.2) is 5.97 Å². The number of benzene rings is 3. The Morgan fingerprint density at radius 2 is 1.62 bits per heavy atom. The van der Waals surface area contributed by atoms with Gasteiger partial charge >= 0.3 is 5.97 Å². The second-order valence-electron chi connectivity index (χ2n) is 5.53. The molecular formula is C21H13Cl2NO2. The number of rotatable bonds is 4. The lowest BCUT2D eigenvalue weighted by Gasteiger charge is -2.11. The first-order valence-electron chi connectivity index (χ1n) is 7.79. The zero-order chi connectivity index (χ0) is 18.5. The van der Waals surface area contributed by atoms with Gasteiger partial charge in [-0.1, -0.05) is 65.7 Å². The molecular weight excluding hydrogens is 369 g/mol. The van der Waals surface area contributed by atoms with E-state index >= 15 is 0 Å². The zero-order valence-corrected chi connectivity index (χ0v) is 15.1. The van der Waals surface area contributed by atoms with E-state index in [1.807, 2.05) is 18.2 Å². The molecule has 0 aliphatic carbocycles. The second-order valence-corrected chi connectivity index (χ2v) is 6.34. The van der Waals surface area contributed by atoms with Gasteiger partial charge < -0.3 is 4.74 Å². The summed E-state index contributed by atoms with van der Waals surface area (Å²) in [4.78, 5) is 12.6. The van der Waals surface area contributed by atoms with Gasteiger partial charge in [0.25, 0.3) is 0 Å². The van der Waals surface area contributed by atoms with Crippen LogP contribution in [0.4, 0.5) is 0 Å². The lowest BCUT2D eigenvalue weighted by molar-refractivity contribution is 0.0473. The van der Waals surface area contributed by atoms with Gasteiger partial charge in [0.2, 0.25) is 0 Å². The van der Waals surface area contributed by atoms with Crippen molar-refractivity contribution in [3.05, 3.63) is 93.5 Å². The number of halogens is 2. The van der Waals surface area contributed by atoms with Crippen LogP contribution in [0.25, 0.3) is 11.1 Å². The number of hydrogen-bond acceptors (Lipinski definition) is 3. The summed E-state index contributed by atoms with van der Waals surface area (Å²) in [6.45, 7) is 0.0734. The van der Waals surface area contributed by atoms with Gasteiger partial charge in [-0.25, -0.2) is 4.79 Å². The SMILES string of the molecule is N#Cc1ccccc1-c1ccccc1C(=O)OCc1ccc(Cl)c(Cl)c1. The molecule has 3 aromatic carbocycles. The predicted molar refractivity (Wildman–Crippen MR) is 102 cm³/mol. The first kappa shape index (κ1) is 18.0. The fraction of sp³-hybridized carbons (Fsp3) is 0.0476. The molecule has 0 amide bonds. The molecule has 0 aliphatic heterocycles. The van der Waals surface area contributed by atoms with Crippen LogP contribution in [-0.2, 0) is 11.3 Å². The van der Waals surface area contributed by atoms with Gasteiger partial charge in [-0.3, -0.25) is 0 Å². The maximum Gasteiger partial charge on any atom is 0.339 e. The smallest absolute Gasteiger partial charge is 0.339 e. The van der Waals surface area contributed by atoms with Gasteiger partial charge in [0.1, 0.15) is 6.61 Å². The first-order chi connectivity index (χ1) is 12.6. The van der Waals surface area contributed by atoms with Crippen LogP contribution in [0.2, 0.25) is 10.0 Å². The predicted octanol–water partition coefficient (Wildman–Crippen LogP) is 5.89. The van der Waals surface area contributed by atoms with Crippen LogP contribution in [0.5, 0.6) is 0 Å². The Morgan fingerprint density at radius 1 is 0.923 bits per heavy atom. The minimum atomic E-state index is -0.473. The van der Waals surface area contributed by atoms with Gasteiger partial charge in [-0.2, -0.15) is 5.26 Å². The highest BCUT2D eigenvalue weighted by atomic mass is 35.5. The lowest BCUT2D eigenvalue weighted by Crippen LogP contribution is -2.07. The van der Waals surface area contributed by atoms with Crippen molar-refractivity contribution in [1.29, 1.82) is 5.26 Å². The first-order valence-corrected chi connectivity index (χ1v) is 8.55. The highest BCUT2D eigenvalue weighted by Crippen LogP contribution is 2.28. The summed E-state index contributed by atoms with van der Waals surface area (Å²) in [5.74, 6) is -0.473. The number of nitriles is 1. The van der Waals surface area contributed by atoms with E-state index in [-0.39, 0.29) is 6.61 Å². The molecule has 0 aromatic heterocycles. The molecule has 0 saturated carbocycles. The third-order valence-corrected chi connectivity index (χ3v) is 4.58. The summed E-state index contributed by atoms with van der Waals surface area (Å²) < 4.78 is 5.42. The minimum absolute atomic E-state index is 0.0734. The molecule has 0 N–H and O–H groups in total. The molecule has 128 valence electrons. The Hall–Kier alpha value is -2.80. The van der Waals surface area contributed by atoms with Gasteiger partial charge in [-0.15, -0.1) is 0 Å². The summed E-state index contributed by atoms with van der Waals surface area (Å²) in [6.07, 6.45) is 0. The molecule has 0 radical (unpaired) electrons. The van der Waals surface area contributed by atoms with E-state index in [2.05, 4.69) is 6.07 Å². The van der Waals surface area contributed by atoms with Crippen molar-refractivity contribution in [3.63, 3.8) is 0 Å². The van der Waals surface area contributed by atoms with Gasteiger partial charge in [0, 0.05) is 5.56 Å². The Kier molecular flexibility index (Phi) is 5.58. The summed E-state index contributed by atoms with van der Waals surface area (Å²) >= 11 is 11.9.